The summed E-state index contributed by atoms with van der Waals surface area (Å²) in [6.45, 7) is 11.6. The Morgan fingerprint density at radius 3 is 2.35 bits per heavy atom. The summed E-state index contributed by atoms with van der Waals surface area (Å²) in [5.41, 5.74) is -0.606. The Morgan fingerprint density at radius 2 is 1.81 bits per heavy atom. The van der Waals surface area contributed by atoms with Crippen molar-refractivity contribution < 1.29 is 22.3 Å². The van der Waals surface area contributed by atoms with Crippen LogP contribution in [0.4, 0.5) is 13.2 Å². The number of benzene rings is 1. The van der Waals surface area contributed by atoms with Crippen LogP contribution in [0.3, 0.4) is 0 Å². The molecule has 0 aliphatic carbocycles. The van der Waals surface area contributed by atoms with Gasteiger partial charge >= 0.3 is 6.18 Å². The minimum atomic E-state index is -4.38. The van der Waals surface area contributed by atoms with Crippen LogP contribution < -0.4 is 0 Å². The van der Waals surface area contributed by atoms with E-state index in [2.05, 4.69) is 33.9 Å². The molecule has 1 heterocycles. The molecule has 0 radical (unpaired) electrons. The van der Waals surface area contributed by atoms with Crippen LogP contribution in [0.15, 0.2) is 29.2 Å². The number of ether oxygens (including phenoxy) is 1. The third-order valence-corrected chi connectivity index (χ3v) is 11.1. The molecule has 0 saturated carbocycles. The van der Waals surface area contributed by atoms with Crippen molar-refractivity contribution in [2.45, 2.75) is 74.2 Å². The number of hydrogen-bond donors (Lipinski definition) is 0. The van der Waals surface area contributed by atoms with Gasteiger partial charge in [0.05, 0.1) is 12.2 Å². The van der Waals surface area contributed by atoms with E-state index in [-0.39, 0.29) is 9.93 Å². The van der Waals surface area contributed by atoms with Gasteiger partial charge in [-0.1, -0.05) is 44.7 Å². The molecule has 1 aromatic carbocycles. The molecule has 1 unspecified atom stereocenters. The summed E-state index contributed by atoms with van der Waals surface area (Å²) < 4.78 is 52.5. The van der Waals surface area contributed by atoms with Gasteiger partial charge in [0.15, 0.2) is 8.32 Å². The van der Waals surface area contributed by atoms with E-state index >= 15 is 0 Å². The monoisotopic (exact) mass is 406 g/mol. The predicted octanol–water partition coefficient (Wildman–Crippen LogP) is 6.72. The molecule has 1 aliphatic heterocycles. The van der Waals surface area contributed by atoms with Gasteiger partial charge < -0.3 is 9.16 Å². The molecule has 0 amide bonds. The van der Waals surface area contributed by atoms with Crippen LogP contribution in [-0.4, -0.2) is 26.5 Å². The first-order valence-corrected chi connectivity index (χ1v) is 12.7. The molecule has 1 fully saturated rings. The summed E-state index contributed by atoms with van der Waals surface area (Å²) >= 11 is 1.17. The van der Waals surface area contributed by atoms with Gasteiger partial charge in [0.1, 0.15) is 4.93 Å². The van der Waals surface area contributed by atoms with E-state index in [1.165, 1.54) is 23.9 Å². The molecule has 1 aromatic rings. The Balaban J connectivity index is 2.26. The largest absolute Gasteiger partial charge is 0.417 e. The number of alkyl halides is 3. The third kappa shape index (κ3) is 5.27. The van der Waals surface area contributed by atoms with E-state index in [9.17, 15) is 13.2 Å². The second-order valence-corrected chi connectivity index (χ2v) is 14.6. The molecule has 2 rings (SSSR count). The van der Waals surface area contributed by atoms with E-state index in [1.807, 2.05) is 0 Å². The lowest BCUT2D eigenvalue weighted by Gasteiger charge is -2.42. The van der Waals surface area contributed by atoms with Crippen LogP contribution in [0.1, 0.15) is 45.6 Å². The van der Waals surface area contributed by atoms with Gasteiger partial charge in [0.2, 0.25) is 0 Å². The minimum Gasteiger partial charge on any atom is -0.413 e. The zero-order chi connectivity index (χ0) is 19.6. The Hall–Kier alpha value is -0.503. The molecule has 148 valence electrons. The zero-order valence-electron chi connectivity index (χ0n) is 16.2. The molecule has 26 heavy (non-hydrogen) atoms. The van der Waals surface area contributed by atoms with Crippen molar-refractivity contribution in [3.63, 3.8) is 0 Å². The van der Waals surface area contributed by atoms with Crippen molar-refractivity contribution in [1.82, 2.24) is 0 Å². The van der Waals surface area contributed by atoms with Crippen LogP contribution >= 0.6 is 11.8 Å². The van der Waals surface area contributed by atoms with Crippen LogP contribution in [0.5, 0.6) is 0 Å². The van der Waals surface area contributed by atoms with Gasteiger partial charge in [-0.3, -0.25) is 0 Å². The fourth-order valence-corrected chi connectivity index (χ4v) is 5.03. The predicted molar refractivity (Wildman–Crippen MR) is 103 cm³/mol. The Labute approximate surface area is 160 Å². The molecule has 7 heteroatoms. The van der Waals surface area contributed by atoms with Crippen molar-refractivity contribution in [3.05, 3.63) is 29.8 Å². The van der Waals surface area contributed by atoms with E-state index in [1.54, 1.807) is 6.07 Å². The number of rotatable bonds is 5. The van der Waals surface area contributed by atoms with Crippen LogP contribution in [-0.2, 0) is 15.3 Å². The first-order chi connectivity index (χ1) is 11.9. The second-order valence-electron chi connectivity index (χ2n) is 8.36. The average Bonchev–Trinajstić information content (AvgIpc) is 2.52. The molecule has 0 bridgehead atoms. The molecule has 1 aliphatic rings. The highest BCUT2D eigenvalue weighted by Gasteiger charge is 2.43. The second kappa shape index (κ2) is 7.85. The third-order valence-electron chi connectivity index (χ3n) is 5.26. The number of thioether (sulfide) groups is 1. The summed E-state index contributed by atoms with van der Waals surface area (Å²) in [6.07, 6.45) is -1.82. The van der Waals surface area contributed by atoms with Crippen molar-refractivity contribution in [1.29, 1.82) is 0 Å². The zero-order valence-corrected chi connectivity index (χ0v) is 18.0. The highest BCUT2D eigenvalue weighted by molar-refractivity contribution is 8.00. The maximum Gasteiger partial charge on any atom is 0.417 e. The maximum atomic E-state index is 13.4. The lowest BCUT2D eigenvalue weighted by Crippen LogP contribution is -2.47. The molecule has 1 saturated heterocycles. The van der Waals surface area contributed by atoms with Crippen molar-refractivity contribution in [2.24, 2.45) is 0 Å². The molecule has 0 spiro atoms. The quantitative estimate of drug-likeness (QED) is 0.506. The molecule has 0 N–H and O–H groups in total. The lowest BCUT2D eigenvalue weighted by atomic mass is 10.1. The standard InChI is InChI=1S/C19H29F3O2SSi/c1-17(2,3)26(4,5)24-14-18(12-8-9-13-23-18)25-16-11-7-6-10-15(16)19(20,21)22/h6-7,10-11H,8-9,12-14H2,1-5H3. The van der Waals surface area contributed by atoms with Crippen molar-refractivity contribution >= 4 is 20.1 Å². The molecule has 0 aromatic heterocycles. The molecule has 1 atom stereocenters. The van der Waals surface area contributed by atoms with Gasteiger partial charge in [0.25, 0.3) is 0 Å². The summed E-state index contributed by atoms with van der Waals surface area (Å²) in [5, 5.41) is 0.0391. The molecular weight excluding hydrogens is 377 g/mol. The highest BCUT2D eigenvalue weighted by atomic mass is 32.2. The first kappa shape index (κ1) is 21.8. The summed E-state index contributed by atoms with van der Waals surface area (Å²) in [6, 6.07) is 5.73. The Bertz CT molecular complexity index is 606. The Morgan fingerprint density at radius 1 is 1.15 bits per heavy atom. The van der Waals surface area contributed by atoms with Gasteiger partial charge in [-0.15, -0.1) is 0 Å². The van der Waals surface area contributed by atoms with E-state index in [0.29, 0.717) is 19.6 Å². The first-order valence-electron chi connectivity index (χ1n) is 9.00. The van der Waals surface area contributed by atoms with Crippen molar-refractivity contribution in [2.75, 3.05) is 13.2 Å². The minimum absolute atomic E-state index is 0.0391. The van der Waals surface area contributed by atoms with Gasteiger partial charge in [-0.25, -0.2) is 0 Å². The maximum absolute atomic E-state index is 13.4. The van der Waals surface area contributed by atoms with Crippen molar-refractivity contribution in [3.8, 4) is 0 Å². The van der Waals surface area contributed by atoms with Crippen LogP contribution in [0.2, 0.25) is 18.1 Å². The SMILES string of the molecule is CC(C)(C)[Si](C)(C)OCC1(Sc2ccccc2C(F)(F)F)CCCCO1. The number of hydrogen-bond acceptors (Lipinski definition) is 3. The van der Waals surface area contributed by atoms with E-state index in [0.717, 1.165) is 18.9 Å². The topological polar surface area (TPSA) is 18.5 Å². The normalized spacial score (nSPS) is 22.5. The Kier molecular flexibility index (Phi) is 6.58. The van der Waals surface area contributed by atoms with Gasteiger partial charge in [-0.05, 0) is 49.5 Å². The van der Waals surface area contributed by atoms with E-state index < -0.39 is 25.0 Å². The smallest absolute Gasteiger partial charge is 0.413 e. The van der Waals surface area contributed by atoms with Crippen LogP contribution in [0, 0.1) is 0 Å². The average molecular weight is 407 g/mol. The fraction of sp³-hybridized carbons (Fsp3) is 0.684. The summed E-state index contributed by atoms with van der Waals surface area (Å²) in [5.74, 6) is 0. The highest BCUT2D eigenvalue weighted by Crippen LogP contribution is 2.47. The summed E-state index contributed by atoms with van der Waals surface area (Å²) in [7, 11) is -2.02. The van der Waals surface area contributed by atoms with E-state index in [4.69, 9.17) is 9.16 Å². The molecule has 2 nitrogen and oxygen atoms in total. The summed E-state index contributed by atoms with van der Waals surface area (Å²) in [4.78, 5) is -0.546. The van der Waals surface area contributed by atoms with Crippen LogP contribution in [0.25, 0.3) is 0 Å². The lowest BCUT2D eigenvalue weighted by molar-refractivity contribution is -0.139. The number of halogens is 3. The fourth-order valence-electron chi connectivity index (χ4n) is 2.55. The molecular formula is C19H29F3O2SSi. The van der Waals surface area contributed by atoms with Gasteiger partial charge in [-0.2, -0.15) is 13.2 Å². The van der Waals surface area contributed by atoms with Gasteiger partial charge in [0, 0.05) is 11.5 Å².